The average molecular weight is 323 g/mol. The van der Waals surface area contributed by atoms with Crippen LogP contribution >= 0.6 is 0 Å². The molecule has 1 heterocycles. The first-order valence-electron chi connectivity index (χ1n) is 8.90. The van der Waals surface area contributed by atoms with E-state index < -0.39 is 0 Å². The zero-order chi connectivity index (χ0) is 17.7. The Morgan fingerprint density at radius 1 is 1.12 bits per heavy atom. The van der Waals surface area contributed by atoms with Crippen molar-refractivity contribution in [3.63, 3.8) is 0 Å². The maximum Gasteiger partial charge on any atom is 0.159 e. The summed E-state index contributed by atoms with van der Waals surface area (Å²) in [6, 6.07) is 6.76. The highest BCUT2D eigenvalue weighted by molar-refractivity contribution is 5.83. The van der Waals surface area contributed by atoms with E-state index in [1.54, 1.807) is 6.20 Å². The molecule has 0 aliphatic heterocycles. The van der Waals surface area contributed by atoms with Gasteiger partial charge in [-0.05, 0) is 64.0 Å². The van der Waals surface area contributed by atoms with Crippen LogP contribution in [-0.2, 0) is 10.8 Å². The lowest BCUT2D eigenvalue weighted by molar-refractivity contribution is 0.403. The molecule has 0 saturated carbocycles. The Balaban J connectivity index is 2.19. The number of aryl methyl sites for hydroxylation is 1. The number of aromatic nitrogens is 1. The van der Waals surface area contributed by atoms with Crippen LogP contribution in [0.25, 0.3) is 11.6 Å². The van der Waals surface area contributed by atoms with E-state index in [1.165, 1.54) is 34.2 Å². The van der Waals surface area contributed by atoms with Crippen molar-refractivity contribution in [3.05, 3.63) is 52.4 Å². The van der Waals surface area contributed by atoms with Crippen molar-refractivity contribution in [2.75, 3.05) is 0 Å². The highest BCUT2D eigenvalue weighted by atomic mass is 16.5. The van der Waals surface area contributed by atoms with E-state index in [-0.39, 0.29) is 10.8 Å². The molecule has 1 aromatic heterocycles. The summed E-state index contributed by atoms with van der Waals surface area (Å²) in [5, 5.41) is 3.83. The van der Waals surface area contributed by atoms with Gasteiger partial charge in [-0.2, -0.15) is 0 Å². The molecule has 0 atom stereocenters. The zero-order valence-electron chi connectivity index (χ0n) is 16.0. The summed E-state index contributed by atoms with van der Waals surface area (Å²) in [7, 11) is 0. The van der Waals surface area contributed by atoms with Gasteiger partial charge in [0, 0.05) is 6.07 Å². The standard InChI is InChI=1S/C22H29NO/c1-14(2)17(11-16-8-9-23-24-16)18-12-20-19(10-15(18)3)21(4,5)13-22(20,6)7/h8-12,14H,13H2,1-7H3. The minimum atomic E-state index is 0.218. The predicted octanol–water partition coefficient (Wildman–Crippen LogP) is 6.14. The molecule has 1 aliphatic rings. The van der Waals surface area contributed by atoms with Crippen LogP contribution in [0.5, 0.6) is 0 Å². The Bertz CT molecular complexity index is 777. The number of nitrogens with zero attached hydrogens (tertiary/aromatic N) is 1. The lowest BCUT2D eigenvalue weighted by Crippen LogP contribution is -2.18. The zero-order valence-corrected chi connectivity index (χ0v) is 16.0. The van der Waals surface area contributed by atoms with E-state index in [2.05, 4.69) is 71.8 Å². The largest absolute Gasteiger partial charge is 0.357 e. The van der Waals surface area contributed by atoms with Gasteiger partial charge in [0.05, 0.1) is 6.20 Å². The second kappa shape index (κ2) is 5.61. The van der Waals surface area contributed by atoms with Crippen molar-refractivity contribution >= 4 is 11.6 Å². The highest BCUT2D eigenvalue weighted by Gasteiger charge is 2.42. The first-order valence-corrected chi connectivity index (χ1v) is 8.90. The summed E-state index contributed by atoms with van der Waals surface area (Å²) in [5.74, 6) is 1.24. The average Bonchev–Trinajstić information content (AvgIpc) is 3.01. The fourth-order valence-corrected chi connectivity index (χ4v) is 4.44. The Morgan fingerprint density at radius 3 is 2.29 bits per heavy atom. The third kappa shape index (κ3) is 2.83. The number of hydrogen-bond donors (Lipinski definition) is 0. The molecule has 0 saturated heterocycles. The first-order chi connectivity index (χ1) is 11.1. The Morgan fingerprint density at radius 2 is 1.75 bits per heavy atom. The monoisotopic (exact) mass is 323 g/mol. The molecule has 2 nitrogen and oxygen atoms in total. The first kappa shape index (κ1) is 17.0. The van der Waals surface area contributed by atoms with Crippen LogP contribution in [-0.4, -0.2) is 5.16 Å². The Kier molecular flexibility index (Phi) is 3.98. The van der Waals surface area contributed by atoms with E-state index >= 15 is 0 Å². The predicted molar refractivity (Wildman–Crippen MR) is 101 cm³/mol. The van der Waals surface area contributed by atoms with Gasteiger partial charge in [-0.25, -0.2) is 0 Å². The Hall–Kier alpha value is -1.83. The van der Waals surface area contributed by atoms with Crippen molar-refractivity contribution in [2.24, 2.45) is 5.92 Å². The summed E-state index contributed by atoms with van der Waals surface area (Å²) in [6.45, 7) is 16.2. The summed E-state index contributed by atoms with van der Waals surface area (Å²) >= 11 is 0. The maximum absolute atomic E-state index is 5.32. The van der Waals surface area contributed by atoms with Crippen LogP contribution in [0.3, 0.4) is 0 Å². The Labute approximate surface area is 146 Å². The normalized spacial score (nSPS) is 18.9. The van der Waals surface area contributed by atoms with Crippen molar-refractivity contribution < 1.29 is 4.52 Å². The van der Waals surface area contributed by atoms with Gasteiger partial charge in [0.25, 0.3) is 0 Å². The van der Waals surface area contributed by atoms with Gasteiger partial charge in [0.1, 0.15) is 0 Å². The fourth-order valence-electron chi connectivity index (χ4n) is 4.44. The second-order valence-electron chi connectivity index (χ2n) is 8.83. The van der Waals surface area contributed by atoms with Crippen molar-refractivity contribution in [1.29, 1.82) is 0 Å². The summed E-state index contributed by atoms with van der Waals surface area (Å²) < 4.78 is 5.32. The summed E-state index contributed by atoms with van der Waals surface area (Å²) in [6.07, 6.45) is 5.03. The van der Waals surface area contributed by atoms with Gasteiger partial charge >= 0.3 is 0 Å². The molecule has 0 spiro atoms. The molecule has 0 amide bonds. The molecule has 2 aromatic rings. The highest BCUT2D eigenvalue weighted by Crippen LogP contribution is 2.50. The molecule has 3 rings (SSSR count). The SMILES string of the molecule is Cc1cc2c(cc1C(=Cc1ccno1)C(C)C)C(C)(C)CC2(C)C. The van der Waals surface area contributed by atoms with Crippen molar-refractivity contribution in [2.45, 2.75) is 65.7 Å². The number of allylic oxidation sites excluding steroid dienone is 1. The lowest BCUT2D eigenvalue weighted by Gasteiger charge is -2.22. The lowest BCUT2D eigenvalue weighted by atomic mass is 9.81. The van der Waals surface area contributed by atoms with Crippen LogP contribution in [0.2, 0.25) is 0 Å². The number of benzene rings is 1. The molecule has 128 valence electrons. The smallest absolute Gasteiger partial charge is 0.159 e. The molecular weight excluding hydrogens is 294 g/mol. The van der Waals surface area contributed by atoms with Gasteiger partial charge in [-0.3, -0.25) is 0 Å². The van der Waals surface area contributed by atoms with E-state index in [0.717, 1.165) is 5.76 Å². The molecule has 1 aliphatic carbocycles. The minimum Gasteiger partial charge on any atom is -0.357 e. The fraction of sp³-hybridized carbons (Fsp3) is 0.500. The third-order valence-electron chi connectivity index (χ3n) is 5.40. The van der Waals surface area contributed by atoms with Crippen LogP contribution in [0.15, 0.2) is 28.9 Å². The molecule has 0 N–H and O–H groups in total. The van der Waals surface area contributed by atoms with Crippen LogP contribution in [0.1, 0.15) is 76.0 Å². The van der Waals surface area contributed by atoms with Crippen LogP contribution < -0.4 is 0 Å². The van der Waals surface area contributed by atoms with Gasteiger partial charge in [0.2, 0.25) is 0 Å². The van der Waals surface area contributed by atoms with E-state index in [4.69, 9.17) is 4.52 Å². The molecule has 2 heteroatoms. The molecule has 0 radical (unpaired) electrons. The van der Waals surface area contributed by atoms with E-state index in [9.17, 15) is 0 Å². The van der Waals surface area contributed by atoms with Gasteiger partial charge < -0.3 is 4.52 Å². The molecular formula is C22H29NO. The number of hydrogen-bond acceptors (Lipinski definition) is 2. The van der Waals surface area contributed by atoms with Crippen LogP contribution in [0, 0.1) is 12.8 Å². The maximum atomic E-state index is 5.32. The molecule has 0 bridgehead atoms. The quantitative estimate of drug-likeness (QED) is 0.678. The van der Waals surface area contributed by atoms with E-state index in [1.807, 2.05) is 6.07 Å². The minimum absolute atomic E-state index is 0.218. The van der Waals surface area contributed by atoms with Crippen LogP contribution in [0.4, 0.5) is 0 Å². The van der Waals surface area contributed by atoms with Gasteiger partial charge in [-0.15, -0.1) is 0 Å². The third-order valence-corrected chi connectivity index (χ3v) is 5.40. The van der Waals surface area contributed by atoms with Gasteiger partial charge in [0.15, 0.2) is 5.76 Å². The van der Waals surface area contributed by atoms with Gasteiger partial charge in [-0.1, -0.05) is 58.8 Å². The van der Waals surface area contributed by atoms with Crippen molar-refractivity contribution in [3.8, 4) is 0 Å². The number of rotatable bonds is 3. The topological polar surface area (TPSA) is 26.0 Å². The van der Waals surface area contributed by atoms with E-state index in [0.29, 0.717) is 5.92 Å². The molecule has 0 unspecified atom stereocenters. The van der Waals surface area contributed by atoms with Crippen molar-refractivity contribution in [1.82, 2.24) is 5.16 Å². The molecule has 0 fully saturated rings. The summed E-state index contributed by atoms with van der Waals surface area (Å²) in [5.41, 5.74) is 7.47. The number of fused-ring (bicyclic) bond motifs is 1. The second-order valence-corrected chi connectivity index (χ2v) is 8.83. The summed E-state index contributed by atoms with van der Waals surface area (Å²) in [4.78, 5) is 0. The molecule has 1 aromatic carbocycles. The molecule has 24 heavy (non-hydrogen) atoms.